The summed E-state index contributed by atoms with van der Waals surface area (Å²) in [5.41, 5.74) is 5.41. The van der Waals surface area contributed by atoms with Crippen LogP contribution in [0.3, 0.4) is 0 Å². The van der Waals surface area contributed by atoms with Gasteiger partial charge in [-0.15, -0.1) is 0 Å². The van der Waals surface area contributed by atoms with Gasteiger partial charge in [-0.1, -0.05) is 0 Å². The van der Waals surface area contributed by atoms with Crippen molar-refractivity contribution in [2.75, 3.05) is 12.3 Å². The average molecular weight is 431 g/mol. The van der Waals surface area contributed by atoms with Crippen LogP contribution < -0.4 is 16.0 Å². The molecule has 7 nitrogen and oxygen atoms in total. The molecule has 0 spiro atoms. The van der Waals surface area contributed by atoms with Gasteiger partial charge in [0.2, 0.25) is 0 Å². The fourth-order valence-electron chi connectivity index (χ4n) is 2.95. The maximum absolute atomic E-state index is 13.3. The number of nitrogens with zero attached hydrogens (tertiary/aromatic N) is 4. The predicted molar refractivity (Wildman–Crippen MR) is 99.6 cm³/mol. The third-order valence-electron chi connectivity index (χ3n) is 4.51. The lowest BCUT2D eigenvalue weighted by molar-refractivity contribution is -0.166. The molecule has 30 heavy (non-hydrogen) atoms. The summed E-state index contributed by atoms with van der Waals surface area (Å²) in [6, 6.07) is 0.265. The van der Waals surface area contributed by atoms with E-state index in [1.807, 2.05) is 6.92 Å². The van der Waals surface area contributed by atoms with Crippen LogP contribution in [0, 0.1) is 0 Å². The van der Waals surface area contributed by atoms with Crippen LogP contribution in [0.25, 0.3) is 22.2 Å². The number of anilines is 1. The molecule has 0 aliphatic rings. The van der Waals surface area contributed by atoms with Gasteiger partial charge in [0.25, 0.3) is 6.43 Å². The molecule has 0 saturated heterocycles. The molecule has 0 unspecified atom stereocenters. The Labute approximate surface area is 166 Å². The Hall–Kier alpha value is -3.18. The maximum atomic E-state index is 13.3. The van der Waals surface area contributed by atoms with Gasteiger partial charge in [0, 0.05) is 29.8 Å². The zero-order chi connectivity index (χ0) is 22.2. The molecule has 0 fully saturated rings. The second-order valence-electron chi connectivity index (χ2n) is 6.52. The van der Waals surface area contributed by atoms with E-state index in [4.69, 9.17) is 10.5 Å². The Balaban J connectivity index is 2.27. The first-order valence-corrected chi connectivity index (χ1v) is 8.89. The monoisotopic (exact) mass is 431 g/mol. The maximum Gasteiger partial charge on any atom is 0.410 e. The van der Waals surface area contributed by atoms with Crippen molar-refractivity contribution in [1.29, 1.82) is 0 Å². The summed E-state index contributed by atoms with van der Waals surface area (Å²) in [7, 11) is 0. The van der Waals surface area contributed by atoms with E-state index in [0.717, 1.165) is 13.0 Å². The molecule has 0 amide bonds. The number of fused-ring (bicyclic) bond motifs is 1. The van der Waals surface area contributed by atoms with Crippen LogP contribution in [0.2, 0.25) is 0 Å². The summed E-state index contributed by atoms with van der Waals surface area (Å²) in [5.74, 6) is -0.486. The van der Waals surface area contributed by atoms with Gasteiger partial charge in [-0.05, 0) is 19.9 Å². The summed E-state index contributed by atoms with van der Waals surface area (Å²) >= 11 is 0. The van der Waals surface area contributed by atoms with E-state index < -0.39 is 36.6 Å². The Morgan fingerprint density at radius 2 is 1.97 bits per heavy atom. The van der Waals surface area contributed by atoms with Gasteiger partial charge in [0.15, 0.2) is 5.75 Å². The minimum absolute atomic E-state index is 0.0576. The first-order valence-electron chi connectivity index (χ1n) is 8.89. The van der Waals surface area contributed by atoms with Gasteiger partial charge in [-0.25, -0.2) is 18.4 Å². The number of alkyl halides is 5. The molecule has 0 aliphatic heterocycles. The molecular formula is C18H18F5N5O2. The van der Waals surface area contributed by atoms with E-state index in [-0.39, 0.29) is 16.2 Å². The van der Waals surface area contributed by atoms with E-state index >= 15 is 0 Å². The lowest BCUT2D eigenvalue weighted by Crippen LogP contribution is -2.35. The van der Waals surface area contributed by atoms with Crippen molar-refractivity contribution < 1.29 is 26.7 Å². The predicted octanol–water partition coefficient (Wildman–Crippen LogP) is 3.63. The quantitative estimate of drug-likeness (QED) is 0.603. The zero-order valence-electron chi connectivity index (χ0n) is 16.0. The molecule has 0 bridgehead atoms. The summed E-state index contributed by atoms with van der Waals surface area (Å²) in [6.07, 6.45) is -4.60. The summed E-state index contributed by atoms with van der Waals surface area (Å²) in [6.45, 7) is 1.95. The highest BCUT2D eigenvalue weighted by atomic mass is 19.4. The molecule has 162 valence electrons. The smallest absolute Gasteiger partial charge is 0.410 e. The molecule has 0 aromatic carbocycles. The number of pyridine rings is 1. The molecule has 12 heteroatoms. The number of hydrogen-bond donors (Lipinski definition) is 1. The zero-order valence-corrected chi connectivity index (χ0v) is 16.0. The molecule has 3 heterocycles. The molecule has 3 aromatic rings. The standard InChI is InChI=1S/C18H18F5N5O2/c1-3-27-7-11(10-4-16(24)25-6-13(10)27)12-5-14(30-8-15(19)20)17(29)28(26-12)9(2)18(21,22)23/h4-7,9,15H,3,8H2,1-2H3,(H2,24,25)/t9-/m0/s1. The number of rotatable bonds is 6. The van der Waals surface area contributed by atoms with Crippen molar-refractivity contribution in [3.05, 3.63) is 34.9 Å². The van der Waals surface area contributed by atoms with Gasteiger partial charge in [0.1, 0.15) is 18.5 Å². The van der Waals surface area contributed by atoms with Gasteiger partial charge < -0.3 is 15.0 Å². The van der Waals surface area contributed by atoms with Crippen LogP contribution >= 0.6 is 0 Å². The van der Waals surface area contributed by atoms with Gasteiger partial charge in [0.05, 0.1) is 17.4 Å². The van der Waals surface area contributed by atoms with E-state index in [1.54, 1.807) is 10.8 Å². The highest BCUT2D eigenvalue weighted by Gasteiger charge is 2.39. The first kappa shape index (κ1) is 21.5. The minimum atomic E-state index is -4.79. The van der Waals surface area contributed by atoms with E-state index in [1.165, 1.54) is 12.3 Å². The van der Waals surface area contributed by atoms with Crippen LogP contribution in [-0.2, 0) is 6.54 Å². The Bertz CT molecular complexity index is 1120. The molecule has 2 N–H and O–H groups in total. The van der Waals surface area contributed by atoms with E-state index in [2.05, 4.69) is 10.1 Å². The fraction of sp³-hybridized carbons (Fsp3) is 0.389. The SMILES string of the molecule is CCn1cc(-c2cc(OCC(F)F)c(=O)n([C@@H](C)C(F)(F)F)n2)c2cc(N)ncc21. The topological polar surface area (TPSA) is 88.0 Å². The van der Waals surface area contributed by atoms with Crippen LogP contribution in [0.1, 0.15) is 19.9 Å². The molecule has 3 rings (SSSR count). The third kappa shape index (κ3) is 4.07. The third-order valence-corrected chi connectivity index (χ3v) is 4.51. The minimum Gasteiger partial charge on any atom is -0.482 e. The lowest BCUT2D eigenvalue weighted by atomic mass is 10.1. The fourth-order valence-corrected chi connectivity index (χ4v) is 2.95. The number of nitrogen functional groups attached to an aromatic ring is 1. The molecule has 0 radical (unpaired) electrons. The van der Waals surface area contributed by atoms with Crippen molar-refractivity contribution in [2.24, 2.45) is 0 Å². The van der Waals surface area contributed by atoms with Crippen molar-refractivity contribution in [2.45, 2.75) is 39.0 Å². The van der Waals surface area contributed by atoms with Crippen LogP contribution in [-0.4, -0.2) is 38.5 Å². The van der Waals surface area contributed by atoms with Crippen LogP contribution in [0.5, 0.6) is 5.75 Å². The Morgan fingerprint density at radius 3 is 2.57 bits per heavy atom. The number of aromatic nitrogens is 4. The number of aryl methyl sites for hydroxylation is 1. The van der Waals surface area contributed by atoms with Crippen molar-refractivity contribution in [3.63, 3.8) is 0 Å². The molecule has 0 saturated carbocycles. The summed E-state index contributed by atoms with van der Waals surface area (Å²) < 4.78 is 71.7. The highest BCUT2D eigenvalue weighted by molar-refractivity contribution is 5.96. The lowest BCUT2D eigenvalue weighted by Gasteiger charge is -2.19. The van der Waals surface area contributed by atoms with E-state index in [0.29, 0.717) is 23.0 Å². The number of nitrogens with two attached hydrogens (primary N) is 1. The number of ether oxygens (including phenoxy) is 1. The second-order valence-corrected chi connectivity index (χ2v) is 6.52. The average Bonchev–Trinajstić information content (AvgIpc) is 3.03. The summed E-state index contributed by atoms with van der Waals surface area (Å²) in [4.78, 5) is 16.4. The molecule has 3 aromatic heterocycles. The van der Waals surface area contributed by atoms with Crippen LogP contribution in [0.4, 0.5) is 27.8 Å². The van der Waals surface area contributed by atoms with Crippen LogP contribution in [0.15, 0.2) is 29.3 Å². The number of halogens is 5. The van der Waals surface area contributed by atoms with Gasteiger partial charge in [-0.2, -0.15) is 18.3 Å². The van der Waals surface area contributed by atoms with E-state index in [9.17, 15) is 26.7 Å². The second kappa shape index (κ2) is 7.92. The Morgan fingerprint density at radius 1 is 1.27 bits per heavy atom. The number of hydrogen-bond acceptors (Lipinski definition) is 5. The summed E-state index contributed by atoms with van der Waals surface area (Å²) in [5, 5.41) is 4.40. The van der Waals surface area contributed by atoms with Crippen molar-refractivity contribution in [1.82, 2.24) is 19.3 Å². The van der Waals surface area contributed by atoms with Crippen molar-refractivity contribution >= 4 is 16.7 Å². The highest BCUT2D eigenvalue weighted by Crippen LogP contribution is 2.33. The Kier molecular flexibility index (Phi) is 5.68. The first-order chi connectivity index (χ1) is 14.0. The molecular weight excluding hydrogens is 413 g/mol. The van der Waals surface area contributed by atoms with Crippen molar-refractivity contribution in [3.8, 4) is 17.0 Å². The largest absolute Gasteiger partial charge is 0.482 e. The normalized spacial score (nSPS) is 13.2. The molecule has 0 aliphatic carbocycles. The van der Waals surface area contributed by atoms with Gasteiger partial charge in [-0.3, -0.25) is 4.79 Å². The van der Waals surface area contributed by atoms with Gasteiger partial charge >= 0.3 is 11.7 Å². The molecule has 1 atom stereocenters.